The monoisotopic (exact) mass is 284 g/mol. The molecule has 0 heterocycles. The smallest absolute Gasteiger partial charge is 0.157 e. The van der Waals surface area contributed by atoms with E-state index < -0.39 is 11.7 Å². The Hall–Kier alpha value is -0.920. The zero-order valence-corrected chi connectivity index (χ0v) is 13.5. The van der Waals surface area contributed by atoms with E-state index in [9.17, 15) is 8.78 Å². The van der Waals surface area contributed by atoms with Gasteiger partial charge in [0.1, 0.15) is 5.83 Å². The Kier molecular flexibility index (Phi) is 10.3. The van der Waals surface area contributed by atoms with Gasteiger partial charge in [-0.2, -0.15) is 0 Å². The largest absolute Gasteiger partial charge is 0.209 e. The third-order valence-corrected chi connectivity index (χ3v) is 3.72. The van der Waals surface area contributed by atoms with Gasteiger partial charge in [-0.15, -0.1) is 0 Å². The van der Waals surface area contributed by atoms with Gasteiger partial charge in [-0.3, -0.25) is 0 Å². The van der Waals surface area contributed by atoms with Crippen LogP contribution in [-0.2, 0) is 0 Å². The molecule has 0 atom stereocenters. The summed E-state index contributed by atoms with van der Waals surface area (Å²) in [7, 11) is 0. The quantitative estimate of drug-likeness (QED) is 0.492. The predicted molar refractivity (Wildman–Crippen MR) is 84.9 cm³/mol. The highest BCUT2D eigenvalue weighted by Crippen LogP contribution is 2.38. The van der Waals surface area contributed by atoms with E-state index >= 15 is 0 Å². The summed E-state index contributed by atoms with van der Waals surface area (Å²) >= 11 is 0. The SMILES string of the molecule is C=C/C=C(\C(F)=C(/C)F)C1CCC(CC)CC1.CCC. The van der Waals surface area contributed by atoms with Crippen LogP contribution < -0.4 is 0 Å². The Morgan fingerprint density at radius 1 is 1.10 bits per heavy atom. The Labute approximate surface area is 123 Å². The third-order valence-electron chi connectivity index (χ3n) is 3.72. The molecule has 0 bridgehead atoms. The lowest BCUT2D eigenvalue weighted by Gasteiger charge is -2.29. The van der Waals surface area contributed by atoms with E-state index in [1.54, 1.807) is 12.2 Å². The molecular weight excluding hydrogens is 254 g/mol. The first-order valence-electron chi connectivity index (χ1n) is 7.86. The van der Waals surface area contributed by atoms with Crippen molar-refractivity contribution in [2.45, 2.75) is 66.2 Å². The zero-order valence-electron chi connectivity index (χ0n) is 13.5. The van der Waals surface area contributed by atoms with Gasteiger partial charge in [0.2, 0.25) is 0 Å². The van der Waals surface area contributed by atoms with Gasteiger partial charge in [0.25, 0.3) is 0 Å². The predicted octanol–water partition coefficient (Wildman–Crippen LogP) is 6.90. The first-order chi connectivity index (χ1) is 9.51. The fraction of sp³-hybridized carbons (Fsp3) is 0.667. The molecule has 0 radical (unpaired) electrons. The van der Waals surface area contributed by atoms with Crippen LogP contribution in [0.3, 0.4) is 0 Å². The van der Waals surface area contributed by atoms with Gasteiger partial charge in [0, 0.05) is 0 Å². The normalized spacial score (nSPS) is 24.4. The van der Waals surface area contributed by atoms with Crippen LogP contribution in [0.4, 0.5) is 8.78 Å². The second-order valence-corrected chi connectivity index (χ2v) is 5.54. The van der Waals surface area contributed by atoms with Crippen molar-refractivity contribution in [1.29, 1.82) is 0 Å². The molecule has 1 aliphatic rings. The van der Waals surface area contributed by atoms with Crippen LogP contribution in [0.1, 0.15) is 66.2 Å². The van der Waals surface area contributed by atoms with Gasteiger partial charge in [-0.1, -0.05) is 52.3 Å². The minimum absolute atomic E-state index is 0.154. The molecule has 20 heavy (non-hydrogen) atoms. The summed E-state index contributed by atoms with van der Waals surface area (Å²) in [6.07, 6.45) is 9.76. The second-order valence-electron chi connectivity index (χ2n) is 5.54. The van der Waals surface area contributed by atoms with Crippen LogP contribution in [-0.4, -0.2) is 0 Å². The molecule has 0 aromatic carbocycles. The lowest BCUT2D eigenvalue weighted by Crippen LogP contribution is -2.16. The summed E-state index contributed by atoms with van der Waals surface area (Å²) in [5, 5.41) is 0. The maximum atomic E-state index is 13.7. The van der Waals surface area contributed by atoms with Crippen molar-refractivity contribution >= 4 is 0 Å². The highest BCUT2D eigenvalue weighted by atomic mass is 19.2. The standard InChI is InChI=1S/C15H22F2.C3H8/c1-4-6-14(15(17)11(3)16)13-9-7-12(5-2)8-10-13;1-3-2/h4,6,12-13H,1,5,7-10H2,2-3H3;3H2,1-2H3/b14-6-,15-11-;. The molecule has 0 N–H and O–H groups in total. The van der Waals surface area contributed by atoms with Gasteiger partial charge < -0.3 is 0 Å². The van der Waals surface area contributed by atoms with Gasteiger partial charge >= 0.3 is 0 Å². The van der Waals surface area contributed by atoms with E-state index in [4.69, 9.17) is 0 Å². The Bertz CT molecular complexity index is 327. The summed E-state index contributed by atoms with van der Waals surface area (Å²) in [5.41, 5.74) is 0.495. The summed E-state index contributed by atoms with van der Waals surface area (Å²) < 4.78 is 26.7. The number of hydrogen-bond acceptors (Lipinski definition) is 0. The maximum Gasteiger partial charge on any atom is 0.157 e. The molecule has 0 saturated heterocycles. The maximum absolute atomic E-state index is 13.7. The average molecular weight is 284 g/mol. The Balaban J connectivity index is 0.00000110. The van der Waals surface area contributed by atoms with Crippen LogP contribution in [0.2, 0.25) is 0 Å². The van der Waals surface area contributed by atoms with E-state index in [2.05, 4.69) is 27.4 Å². The van der Waals surface area contributed by atoms with Crippen molar-refractivity contribution in [2.75, 3.05) is 0 Å². The van der Waals surface area contributed by atoms with Gasteiger partial charge in [0.05, 0.1) is 0 Å². The second kappa shape index (κ2) is 10.8. The molecule has 0 aromatic rings. The van der Waals surface area contributed by atoms with Crippen LogP contribution in [0.25, 0.3) is 0 Å². The first kappa shape index (κ1) is 19.1. The molecule has 1 aliphatic carbocycles. The van der Waals surface area contributed by atoms with E-state index in [0.717, 1.165) is 31.6 Å². The Morgan fingerprint density at radius 2 is 1.60 bits per heavy atom. The fourth-order valence-electron chi connectivity index (χ4n) is 2.60. The number of rotatable bonds is 4. The molecule has 1 rings (SSSR count). The summed E-state index contributed by atoms with van der Waals surface area (Å²) in [4.78, 5) is 0. The number of allylic oxidation sites excluding steroid dienone is 5. The fourth-order valence-corrected chi connectivity index (χ4v) is 2.60. The van der Waals surface area contributed by atoms with Crippen molar-refractivity contribution < 1.29 is 8.78 Å². The lowest BCUT2D eigenvalue weighted by atomic mass is 9.77. The molecule has 1 saturated carbocycles. The zero-order chi connectivity index (χ0) is 15.5. The van der Waals surface area contributed by atoms with Gasteiger partial charge in [-0.05, 0) is 50.0 Å². The molecule has 0 aromatic heterocycles. The first-order valence-corrected chi connectivity index (χ1v) is 7.86. The molecule has 0 nitrogen and oxygen atoms in total. The third kappa shape index (κ3) is 6.49. The molecule has 1 fully saturated rings. The average Bonchev–Trinajstić information content (AvgIpc) is 2.45. The van der Waals surface area contributed by atoms with Gasteiger partial charge in [-0.25, -0.2) is 8.78 Å². The summed E-state index contributed by atoms with van der Waals surface area (Å²) in [5.74, 6) is -0.503. The minimum atomic E-state index is -0.726. The van der Waals surface area contributed by atoms with E-state index in [-0.39, 0.29) is 5.92 Å². The van der Waals surface area contributed by atoms with E-state index in [1.807, 2.05) is 0 Å². The van der Waals surface area contributed by atoms with Gasteiger partial charge in [0.15, 0.2) is 5.83 Å². The molecule has 0 unspecified atom stereocenters. The van der Waals surface area contributed by atoms with Crippen LogP contribution in [0.5, 0.6) is 0 Å². The molecule has 0 spiro atoms. The number of hydrogen-bond donors (Lipinski definition) is 0. The van der Waals surface area contributed by atoms with Crippen LogP contribution in [0, 0.1) is 11.8 Å². The number of halogens is 2. The summed E-state index contributed by atoms with van der Waals surface area (Å²) in [6, 6.07) is 0. The molecular formula is C18H30F2. The van der Waals surface area contributed by atoms with Crippen molar-refractivity contribution in [2.24, 2.45) is 11.8 Å². The van der Waals surface area contributed by atoms with Crippen molar-refractivity contribution in [1.82, 2.24) is 0 Å². The van der Waals surface area contributed by atoms with Crippen molar-refractivity contribution in [3.8, 4) is 0 Å². The molecule has 2 heteroatoms. The highest BCUT2D eigenvalue weighted by molar-refractivity contribution is 5.32. The minimum Gasteiger partial charge on any atom is -0.209 e. The summed E-state index contributed by atoms with van der Waals surface area (Å²) in [6.45, 7) is 11.2. The molecule has 116 valence electrons. The van der Waals surface area contributed by atoms with E-state index in [1.165, 1.54) is 19.8 Å². The topological polar surface area (TPSA) is 0 Å². The Morgan fingerprint density at radius 3 is 1.95 bits per heavy atom. The van der Waals surface area contributed by atoms with Crippen molar-refractivity contribution in [3.05, 3.63) is 36.0 Å². The van der Waals surface area contributed by atoms with Crippen molar-refractivity contribution in [3.63, 3.8) is 0 Å². The van der Waals surface area contributed by atoms with Crippen LogP contribution >= 0.6 is 0 Å². The van der Waals surface area contributed by atoms with E-state index in [0.29, 0.717) is 5.57 Å². The molecule has 0 aliphatic heterocycles. The molecule has 0 amide bonds. The highest BCUT2D eigenvalue weighted by Gasteiger charge is 2.25. The lowest BCUT2D eigenvalue weighted by molar-refractivity contribution is 0.291. The van der Waals surface area contributed by atoms with Crippen LogP contribution in [0.15, 0.2) is 36.0 Å².